The summed E-state index contributed by atoms with van der Waals surface area (Å²) in [5.74, 6) is -1.03. The molecule has 1 aromatic heterocycles. The Morgan fingerprint density at radius 3 is 2.62 bits per heavy atom. The third-order valence-electron chi connectivity index (χ3n) is 4.27. The fourth-order valence-corrected chi connectivity index (χ4v) is 3.33. The van der Waals surface area contributed by atoms with Gasteiger partial charge in [-0.1, -0.05) is 30.3 Å². The van der Waals surface area contributed by atoms with E-state index in [2.05, 4.69) is 26.1 Å². The first-order chi connectivity index (χ1) is 11.5. The summed E-state index contributed by atoms with van der Waals surface area (Å²) in [7, 11) is 1.50. The molecule has 24 heavy (non-hydrogen) atoms. The standard InChI is InChI=1S/C17H18BrN3O3/c1-21(12(17(23)24)9-10-5-3-2-4-6-10)16(22)15-13(18)14(19-20-15)11-7-8-11/h2-6,11-12H,7-9H2,1H3,(H,19,20)(H,23,24). The first-order valence-corrected chi connectivity index (χ1v) is 8.56. The number of benzene rings is 1. The minimum atomic E-state index is -1.04. The molecule has 126 valence electrons. The van der Waals surface area contributed by atoms with Gasteiger partial charge in [0.05, 0.1) is 10.2 Å². The van der Waals surface area contributed by atoms with Crippen molar-refractivity contribution in [1.29, 1.82) is 0 Å². The van der Waals surface area contributed by atoms with E-state index in [0.717, 1.165) is 24.1 Å². The highest BCUT2D eigenvalue weighted by Gasteiger charge is 2.34. The van der Waals surface area contributed by atoms with Gasteiger partial charge in [-0.15, -0.1) is 0 Å². The number of hydrogen-bond donors (Lipinski definition) is 2. The Labute approximate surface area is 148 Å². The molecule has 3 rings (SSSR count). The second-order valence-electron chi connectivity index (χ2n) is 6.03. The van der Waals surface area contributed by atoms with E-state index >= 15 is 0 Å². The molecule has 1 fully saturated rings. The number of likely N-dealkylation sites (N-methyl/N-ethyl adjacent to an activating group) is 1. The summed E-state index contributed by atoms with van der Waals surface area (Å²) in [5.41, 5.74) is 2.02. The predicted molar refractivity (Wildman–Crippen MR) is 91.9 cm³/mol. The van der Waals surface area contributed by atoms with Gasteiger partial charge in [-0.3, -0.25) is 9.89 Å². The predicted octanol–water partition coefficient (Wildman–Crippen LogP) is 2.82. The summed E-state index contributed by atoms with van der Waals surface area (Å²) in [6, 6.07) is 8.32. The quantitative estimate of drug-likeness (QED) is 0.792. The van der Waals surface area contributed by atoms with E-state index in [1.54, 1.807) is 0 Å². The van der Waals surface area contributed by atoms with Crippen molar-refractivity contribution >= 4 is 27.8 Å². The van der Waals surface area contributed by atoms with Crippen LogP contribution in [-0.4, -0.2) is 45.2 Å². The zero-order valence-electron chi connectivity index (χ0n) is 13.2. The highest BCUT2D eigenvalue weighted by Crippen LogP contribution is 2.43. The van der Waals surface area contributed by atoms with Crippen LogP contribution >= 0.6 is 15.9 Å². The number of halogens is 1. The Bertz CT molecular complexity index is 756. The lowest BCUT2D eigenvalue weighted by Crippen LogP contribution is -2.44. The van der Waals surface area contributed by atoms with Gasteiger partial charge in [-0.2, -0.15) is 5.10 Å². The van der Waals surface area contributed by atoms with Crippen molar-refractivity contribution in [3.8, 4) is 0 Å². The zero-order chi connectivity index (χ0) is 17.3. The fourth-order valence-electron chi connectivity index (χ4n) is 2.66. The summed E-state index contributed by atoms with van der Waals surface area (Å²) in [6.07, 6.45) is 2.40. The van der Waals surface area contributed by atoms with Gasteiger partial charge in [0.2, 0.25) is 0 Å². The van der Waals surface area contributed by atoms with Crippen molar-refractivity contribution in [1.82, 2.24) is 15.1 Å². The molecule has 2 N–H and O–H groups in total. The molecule has 7 heteroatoms. The maximum Gasteiger partial charge on any atom is 0.326 e. The number of carbonyl (C=O) groups is 2. The topological polar surface area (TPSA) is 86.3 Å². The monoisotopic (exact) mass is 391 g/mol. The number of aromatic amines is 1. The van der Waals surface area contributed by atoms with Crippen LogP contribution in [0.15, 0.2) is 34.8 Å². The molecule has 1 unspecified atom stereocenters. The molecule has 1 aliphatic carbocycles. The SMILES string of the molecule is CN(C(=O)c1n[nH]c(C2CC2)c1Br)C(Cc1ccccc1)C(=O)O. The summed E-state index contributed by atoms with van der Waals surface area (Å²) < 4.78 is 0.644. The molecule has 1 aromatic carbocycles. The number of carboxylic acid groups (broad SMARTS) is 1. The summed E-state index contributed by atoms with van der Waals surface area (Å²) in [4.78, 5) is 25.6. The molecule has 1 atom stereocenters. The van der Waals surface area contributed by atoms with Crippen LogP contribution in [0.2, 0.25) is 0 Å². The molecule has 6 nitrogen and oxygen atoms in total. The van der Waals surface area contributed by atoms with Gasteiger partial charge < -0.3 is 10.0 Å². The Hall–Kier alpha value is -2.15. The van der Waals surface area contributed by atoms with Gasteiger partial charge >= 0.3 is 5.97 Å². The van der Waals surface area contributed by atoms with Crippen LogP contribution in [0.25, 0.3) is 0 Å². The third-order valence-corrected chi connectivity index (χ3v) is 5.07. The van der Waals surface area contributed by atoms with E-state index < -0.39 is 17.9 Å². The van der Waals surface area contributed by atoms with Crippen LogP contribution in [0.5, 0.6) is 0 Å². The number of hydrogen-bond acceptors (Lipinski definition) is 3. The normalized spacial score (nSPS) is 15.1. The Balaban J connectivity index is 1.80. The van der Waals surface area contributed by atoms with Crippen molar-refractivity contribution in [3.05, 3.63) is 51.8 Å². The number of rotatable bonds is 6. The molecular weight excluding hydrogens is 374 g/mol. The molecule has 2 aromatic rings. The number of amides is 1. The maximum absolute atomic E-state index is 12.7. The first kappa shape index (κ1) is 16.7. The Morgan fingerprint density at radius 2 is 2.04 bits per heavy atom. The average molecular weight is 392 g/mol. The zero-order valence-corrected chi connectivity index (χ0v) is 14.8. The number of H-pyrrole nitrogens is 1. The molecule has 1 aliphatic rings. The molecule has 1 amide bonds. The van der Waals surface area contributed by atoms with Gasteiger partial charge in [0.1, 0.15) is 6.04 Å². The minimum absolute atomic E-state index is 0.235. The molecular formula is C17H18BrN3O3. The van der Waals surface area contributed by atoms with Crippen molar-refractivity contribution in [2.24, 2.45) is 0 Å². The average Bonchev–Trinajstić information content (AvgIpc) is 3.34. The third kappa shape index (κ3) is 3.36. The molecule has 1 saturated carbocycles. The molecule has 1 heterocycles. The summed E-state index contributed by atoms with van der Waals surface area (Å²) in [6.45, 7) is 0. The van der Waals surface area contributed by atoms with Crippen LogP contribution < -0.4 is 0 Å². The second-order valence-corrected chi connectivity index (χ2v) is 6.83. The van der Waals surface area contributed by atoms with E-state index in [1.807, 2.05) is 30.3 Å². The number of carboxylic acids is 1. The highest BCUT2D eigenvalue weighted by molar-refractivity contribution is 9.10. The maximum atomic E-state index is 12.7. The smallest absolute Gasteiger partial charge is 0.326 e. The highest BCUT2D eigenvalue weighted by atomic mass is 79.9. The van der Waals surface area contributed by atoms with E-state index in [0.29, 0.717) is 10.4 Å². The van der Waals surface area contributed by atoms with Gasteiger partial charge in [0.15, 0.2) is 5.69 Å². The largest absolute Gasteiger partial charge is 0.480 e. The van der Waals surface area contributed by atoms with Crippen molar-refractivity contribution in [2.45, 2.75) is 31.2 Å². The van der Waals surface area contributed by atoms with Gasteiger partial charge in [-0.05, 0) is 34.3 Å². The summed E-state index contributed by atoms with van der Waals surface area (Å²) >= 11 is 3.43. The van der Waals surface area contributed by atoms with Crippen LogP contribution in [0, 0.1) is 0 Å². The molecule has 0 radical (unpaired) electrons. The van der Waals surface area contributed by atoms with Crippen molar-refractivity contribution < 1.29 is 14.7 Å². The minimum Gasteiger partial charge on any atom is -0.480 e. The first-order valence-electron chi connectivity index (χ1n) is 7.76. The summed E-state index contributed by atoms with van der Waals surface area (Å²) in [5, 5.41) is 16.5. The molecule has 0 spiro atoms. The van der Waals surface area contributed by atoms with Gasteiger partial charge in [0.25, 0.3) is 5.91 Å². The lowest BCUT2D eigenvalue weighted by molar-refractivity contribution is -0.141. The number of nitrogens with one attached hydrogen (secondary N) is 1. The van der Waals surface area contributed by atoms with E-state index in [9.17, 15) is 14.7 Å². The Morgan fingerprint density at radius 1 is 1.38 bits per heavy atom. The van der Waals surface area contributed by atoms with Gasteiger partial charge in [0, 0.05) is 19.4 Å². The number of carbonyl (C=O) groups excluding carboxylic acids is 1. The van der Waals surface area contributed by atoms with Gasteiger partial charge in [-0.25, -0.2) is 4.79 Å². The number of aliphatic carboxylic acids is 1. The lowest BCUT2D eigenvalue weighted by Gasteiger charge is -2.24. The second kappa shape index (κ2) is 6.76. The van der Waals surface area contributed by atoms with Crippen molar-refractivity contribution in [2.75, 3.05) is 7.05 Å². The van der Waals surface area contributed by atoms with E-state index in [-0.39, 0.29) is 12.1 Å². The molecule has 0 aliphatic heterocycles. The molecule has 0 saturated heterocycles. The number of nitrogens with zero attached hydrogens (tertiary/aromatic N) is 2. The van der Waals surface area contributed by atoms with Crippen molar-refractivity contribution in [3.63, 3.8) is 0 Å². The van der Waals surface area contributed by atoms with E-state index in [1.165, 1.54) is 11.9 Å². The Kier molecular flexibility index (Phi) is 4.71. The molecule has 0 bridgehead atoms. The van der Waals surface area contributed by atoms with E-state index in [4.69, 9.17) is 0 Å². The van der Waals surface area contributed by atoms with Crippen LogP contribution in [-0.2, 0) is 11.2 Å². The van der Waals surface area contributed by atoms with Crippen LogP contribution in [0.3, 0.4) is 0 Å². The lowest BCUT2D eigenvalue weighted by atomic mass is 10.0. The van der Waals surface area contributed by atoms with Crippen LogP contribution in [0.4, 0.5) is 0 Å². The van der Waals surface area contributed by atoms with Crippen LogP contribution in [0.1, 0.15) is 40.5 Å². The fraction of sp³-hybridized carbons (Fsp3) is 0.353. The number of aromatic nitrogens is 2.